The van der Waals surface area contributed by atoms with Gasteiger partial charge in [-0.2, -0.15) is 0 Å². The van der Waals surface area contributed by atoms with Crippen LogP contribution in [0.5, 0.6) is 0 Å². The Bertz CT molecular complexity index is 566. The number of carbonyl (C=O) groups is 3. The predicted molar refractivity (Wildman–Crippen MR) is 114 cm³/mol. The van der Waals surface area contributed by atoms with Crippen molar-refractivity contribution >= 4 is 17.8 Å². The Kier molecular flexibility index (Phi) is 13.5. The maximum Gasteiger partial charge on any atom is 0.305 e. The van der Waals surface area contributed by atoms with E-state index >= 15 is 0 Å². The first-order valence-corrected chi connectivity index (χ1v) is 10.7. The molecule has 1 heterocycles. The number of aliphatic hydroxyl groups is 1. The standard InChI is InChI=1S/C22H36N2O6/c1-3-5-6-10-21(27)30-17-19-9-7-12-24(19)22(28)18(8-4-2)16-20(26)23-11-14-29-15-13-25/h3-4,18-19,25H,1-2,5-17H2,(H,23,26)/t18-,19+/m1/s1. The molecule has 2 N–H and O–H groups in total. The van der Waals surface area contributed by atoms with Gasteiger partial charge in [-0.05, 0) is 32.1 Å². The van der Waals surface area contributed by atoms with Crippen molar-refractivity contribution in [2.24, 2.45) is 5.92 Å². The van der Waals surface area contributed by atoms with Gasteiger partial charge in [-0.15, -0.1) is 13.2 Å². The number of hydrogen-bond donors (Lipinski definition) is 2. The number of hydrogen-bond acceptors (Lipinski definition) is 6. The average Bonchev–Trinajstić information content (AvgIpc) is 3.20. The summed E-state index contributed by atoms with van der Waals surface area (Å²) in [5, 5.41) is 11.4. The van der Waals surface area contributed by atoms with Crippen molar-refractivity contribution in [1.29, 1.82) is 0 Å². The second-order valence-electron chi connectivity index (χ2n) is 7.30. The third-order valence-electron chi connectivity index (χ3n) is 4.92. The summed E-state index contributed by atoms with van der Waals surface area (Å²) >= 11 is 0. The molecule has 0 aromatic rings. The molecule has 0 aromatic heterocycles. The van der Waals surface area contributed by atoms with Crippen LogP contribution in [0.2, 0.25) is 0 Å². The third-order valence-corrected chi connectivity index (χ3v) is 4.92. The maximum absolute atomic E-state index is 13.0. The SMILES string of the molecule is C=CCCCC(=O)OC[C@@H]1CCCN1C(=O)[C@H](CC=C)CC(=O)NCCOCCO. The first-order valence-electron chi connectivity index (χ1n) is 10.7. The summed E-state index contributed by atoms with van der Waals surface area (Å²) in [7, 11) is 0. The van der Waals surface area contributed by atoms with Crippen molar-refractivity contribution in [3.05, 3.63) is 25.3 Å². The molecule has 8 nitrogen and oxygen atoms in total. The summed E-state index contributed by atoms with van der Waals surface area (Å²) in [6, 6.07) is -0.150. The van der Waals surface area contributed by atoms with E-state index in [-0.39, 0.29) is 50.1 Å². The lowest BCUT2D eigenvalue weighted by atomic mass is 9.98. The first kappa shape index (κ1) is 25.8. The second-order valence-corrected chi connectivity index (χ2v) is 7.30. The van der Waals surface area contributed by atoms with Gasteiger partial charge in [0.05, 0.1) is 31.8 Å². The monoisotopic (exact) mass is 424 g/mol. The van der Waals surface area contributed by atoms with Gasteiger partial charge in [0, 0.05) is 25.9 Å². The van der Waals surface area contributed by atoms with E-state index in [9.17, 15) is 14.4 Å². The van der Waals surface area contributed by atoms with Crippen LogP contribution in [0, 0.1) is 5.92 Å². The molecule has 0 aromatic carbocycles. The molecule has 8 heteroatoms. The van der Waals surface area contributed by atoms with Crippen molar-refractivity contribution in [2.75, 3.05) is 39.5 Å². The van der Waals surface area contributed by atoms with E-state index in [1.165, 1.54) is 0 Å². The number of nitrogens with one attached hydrogen (secondary N) is 1. The minimum Gasteiger partial charge on any atom is -0.463 e. The highest BCUT2D eigenvalue weighted by Crippen LogP contribution is 2.23. The van der Waals surface area contributed by atoms with Gasteiger partial charge >= 0.3 is 5.97 Å². The van der Waals surface area contributed by atoms with Crippen molar-refractivity contribution in [1.82, 2.24) is 10.2 Å². The van der Waals surface area contributed by atoms with Crippen LogP contribution in [0.4, 0.5) is 0 Å². The molecule has 1 aliphatic heterocycles. The smallest absolute Gasteiger partial charge is 0.305 e. The predicted octanol–water partition coefficient (Wildman–Crippen LogP) is 1.58. The van der Waals surface area contributed by atoms with Crippen molar-refractivity contribution < 1.29 is 29.0 Å². The van der Waals surface area contributed by atoms with Crippen LogP contribution < -0.4 is 5.32 Å². The summed E-state index contributed by atoms with van der Waals surface area (Å²) in [5.41, 5.74) is 0. The zero-order chi connectivity index (χ0) is 22.2. The third kappa shape index (κ3) is 10.0. The highest BCUT2D eigenvalue weighted by Gasteiger charge is 2.34. The highest BCUT2D eigenvalue weighted by molar-refractivity contribution is 5.86. The normalized spacial score (nSPS) is 16.7. The van der Waals surface area contributed by atoms with Crippen molar-refractivity contribution in [2.45, 2.75) is 51.0 Å². The average molecular weight is 425 g/mol. The lowest BCUT2D eigenvalue weighted by molar-refractivity contribution is -0.148. The first-order chi connectivity index (χ1) is 14.5. The van der Waals surface area contributed by atoms with Crippen LogP contribution in [0.3, 0.4) is 0 Å². The summed E-state index contributed by atoms with van der Waals surface area (Å²) in [4.78, 5) is 38.8. The molecule has 0 bridgehead atoms. The summed E-state index contributed by atoms with van der Waals surface area (Å²) in [6.45, 7) is 8.91. The fraction of sp³-hybridized carbons (Fsp3) is 0.682. The van der Waals surface area contributed by atoms with Gasteiger partial charge in [0.1, 0.15) is 6.61 Å². The summed E-state index contributed by atoms with van der Waals surface area (Å²) in [5.74, 6) is -1.09. The Balaban J connectivity index is 2.51. The molecule has 2 amide bonds. The molecule has 170 valence electrons. The van der Waals surface area contributed by atoms with Gasteiger partial charge in [-0.1, -0.05) is 12.2 Å². The number of unbranched alkanes of at least 4 members (excludes halogenated alkanes) is 1. The number of ether oxygens (including phenoxy) is 2. The van der Waals surface area contributed by atoms with E-state index in [1.54, 1.807) is 17.1 Å². The largest absolute Gasteiger partial charge is 0.463 e. The molecule has 0 unspecified atom stereocenters. The molecule has 0 aliphatic carbocycles. The fourth-order valence-corrected chi connectivity index (χ4v) is 3.38. The molecule has 0 saturated carbocycles. The topological polar surface area (TPSA) is 105 Å². The lowest BCUT2D eigenvalue weighted by Crippen LogP contribution is -2.43. The number of aliphatic hydroxyl groups excluding tert-OH is 1. The number of esters is 1. The van der Waals surface area contributed by atoms with E-state index in [2.05, 4.69) is 18.5 Å². The van der Waals surface area contributed by atoms with Crippen molar-refractivity contribution in [3.8, 4) is 0 Å². The summed E-state index contributed by atoms with van der Waals surface area (Å²) in [6.07, 6.45) is 7.31. The van der Waals surface area contributed by atoms with Gasteiger partial charge in [0.2, 0.25) is 11.8 Å². The molecular weight excluding hydrogens is 388 g/mol. The highest BCUT2D eigenvalue weighted by atomic mass is 16.5. The van der Waals surface area contributed by atoms with E-state index in [0.29, 0.717) is 39.0 Å². The van der Waals surface area contributed by atoms with Crippen LogP contribution in [0.1, 0.15) is 44.9 Å². The minimum absolute atomic E-state index is 0.0645. The molecule has 1 fully saturated rings. The summed E-state index contributed by atoms with van der Waals surface area (Å²) < 4.78 is 10.5. The van der Waals surface area contributed by atoms with Crippen LogP contribution in [0.25, 0.3) is 0 Å². The van der Waals surface area contributed by atoms with Crippen molar-refractivity contribution in [3.63, 3.8) is 0 Å². The van der Waals surface area contributed by atoms with Crippen LogP contribution in [-0.4, -0.2) is 73.3 Å². The zero-order valence-corrected chi connectivity index (χ0v) is 17.9. The number of carbonyl (C=O) groups excluding carboxylic acids is 3. The molecular formula is C22H36N2O6. The number of allylic oxidation sites excluding steroid dienone is 2. The quantitative estimate of drug-likeness (QED) is 0.221. The van der Waals surface area contributed by atoms with E-state index < -0.39 is 5.92 Å². The van der Waals surface area contributed by atoms with Gasteiger partial charge < -0.3 is 24.8 Å². The molecule has 2 atom stereocenters. The van der Waals surface area contributed by atoms with E-state index in [4.69, 9.17) is 14.6 Å². The molecule has 1 aliphatic rings. The Hall–Kier alpha value is -2.19. The van der Waals surface area contributed by atoms with Gasteiger partial charge in [-0.25, -0.2) is 0 Å². The zero-order valence-electron chi connectivity index (χ0n) is 17.9. The van der Waals surface area contributed by atoms with Gasteiger partial charge in [0.15, 0.2) is 0 Å². The lowest BCUT2D eigenvalue weighted by Gasteiger charge is -2.28. The molecule has 1 rings (SSSR count). The van der Waals surface area contributed by atoms with E-state index in [1.807, 2.05) is 0 Å². The molecule has 0 radical (unpaired) electrons. The number of rotatable bonds is 16. The Morgan fingerprint density at radius 1 is 1.23 bits per heavy atom. The van der Waals surface area contributed by atoms with Gasteiger partial charge in [0.25, 0.3) is 0 Å². The Labute approximate surface area is 179 Å². The Morgan fingerprint density at radius 2 is 2.03 bits per heavy atom. The van der Waals surface area contributed by atoms with Crippen LogP contribution in [-0.2, 0) is 23.9 Å². The fourth-order valence-electron chi connectivity index (χ4n) is 3.38. The van der Waals surface area contributed by atoms with Crippen LogP contribution >= 0.6 is 0 Å². The number of likely N-dealkylation sites (tertiary alicyclic amines) is 1. The maximum atomic E-state index is 13.0. The molecule has 0 spiro atoms. The van der Waals surface area contributed by atoms with Crippen LogP contribution in [0.15, 0.2) is 25.3 Å². The van der Waals surface area contributed by atoms with Gasteiger partial charge in [-0.3, -0.25) is 14.4 Å². The Morgan fingerprint density at radius 3 is 2.73 bits per heavy atom. The molecule has 30 heavy (non-hydrogen) atoms. The minimum atomic E-state index is -0.496. The van der Waals surface area contributed by atoms with E-state index in [0.717, 1.165) is 19.3 Å². The molecule has 1 saturated heterocycles. The second kappa shape index (κ2) is 15.6. The number of amides is 2. The number of nitrogens with zero attached hydrogens (tertiary/aromatic N) is 1.